The molecule has 3 heteroatoms. The Bertz CT molecular complexity index is 200. The standard InChI is InChI=1S/C13H26N2O/c1-3-4-5-6-7-8-13(16)15(2)12-9-10-14-11-12/h12,14H,3-11H2,1-2H3. The van der Waals surface area contributed by atoms with Gasteiger partial charge in [-0.25, -0.2) is 0 Å². The SMILES string of the molecule is CCCCCCCC(=O)N(C)C1CCNC1. The molecule has 1 fully saturated rings. The van der Waals surface area contributed by atoms with E-state index >= 15 is 0 Å². The quantitative estimate of drug-likeness (QED) is 0.675. The van der Waals surface area contributed by atoms with Crippen molar-refractivity contribution in [3.63, 3.8) is 0 Å². The number of rotatable bonds is 7. The molecule has 0 bridgehead atoms. The topological polar surface area (TPSA) is 32.3 Å². The van der Waals surface area contributed by atoms with E-state index in [-0.39, 0.29) is 0 Å². The molecule has 1 atom stereocenters. The molecule has 0 saturated carbocycles. The van der Waals surface area contributed by atoms with Crippen molar-refractivity contribution < 1.29 is 4.79 Å². The normalized spacial score (nSPS) is 20.0. The Labute approximate surface area is 99.6 Å². The zero-order valence-electron chi connectivity index (χ0n) is 10.8. The Kier molecular flexibility index (Phi) is 6.46. The maximum atomic E-state index is 11.9. The Hall–Kier alpha value is -0.570. The van der Waals surface area contributed by atoms with Crippen molar-refractivity contribution in [2.24, 2.45) is 0 Å². The molecular formula is C13H26N2O. The summed E-state index contributed by atoms with van der Waals surface area (Å²) in [5, 5.41) is 3.30. The summed E-state index contributed by atoms with van der Waals surface area (Å²) >= 11 is 0. The highest BCUT2D eigenvalue weighted by molar-refractivity contribution is 5.76. The average molecular weight is 226 g/mol. The zero-order chi connectivity index (χ0) is 11.8. The Balaban J connectivity index is 2.09. The maximum Gasteiger partial charge on any atom is 0.222 e. The van der Waals surface area contributed by atoms with Crippen LogP contribution in [0, 0.1) is 0 Å². The van der Waals surface area contributed by atoms with Crippen LogP contribution < -0.4 is 5.32 Å². The monoisotopic (exact) mass is 226 g/mol. The van der Waals surface area contributed by atoms with E-state index in [0.29, 0.717) is 11.9 Å². The molecule has 0 aliphatic carbocycles. The van der Waals surface area contributed by atoms with Gasteiger partial charge in [0.1, 0.15) is 0 Å². The largest absolute Gasteiger partial charge is 0.341 e. The van der Waals surface area contributed by atoms with E-state index in [1.165, 1.54) is 25.7 Å². The minimum absolute atomic E-state index is 0.324. The number of carbonyl (C=O) groups is 1. The summed E-state index contributed by atoms with van der Waals surface area (Å²) in [5.41, 5.74) is 0. The molecule has 1 rings (SSSR count). The molecule has 0 radical (unpaired) electrons. The van der Waals surface area contributed by atoms with E-state index < -0.39 is 0 Å². The second-order valence-electron chi connectivity index (χ2n) is 4.82. The van der Waals surface area contributed by atoms with Crippen LogP contribution >= 0.6 is 0 Å². The van der Waals surface area contributed by atoms with Gasteiger partial charge in [0.25, 0.3) is 0 Å². The van der Waals surface area contributed by atoms with E-state index in [9.17, 15) is 4.79 Å². The minimum Gasteiger partial charge on any atom is -0.341 e. The smallest absolute Gasteiger partial charge is 0.222 e. The third kappa shape index (κ3) is 4.52. The summed E-state index contributed by atoms with van der Waals surface area (Å²) in [4.78, 5) is 13.8. The highest BCUT2D eigenvalue weighted by atomic mass is 16.2. The summed E-state index contributed by atoms with van der Waals surface area (Å²) in [6, 6.07) is 0.433. The summed E-state index contributed by atoms with van der Waals surface area (Å²) in [5.74, 6) is 0.324. The van der Waals surface area contributed by atoms with Crippen molar-refractivity contribution in [1.82, 2.24) is 10.2 Å². The van der Waals surface area contributed by atoms with Gasteiger partial charge in [-0.15, -0.1) is 0 Å². The number of hydrogen-bond acceptors (Lipinski definition) is 2. The molecule has 3 nitrogen and oxygen atoms in total. The van der Waals surface area contributed by atoms with Crippen molar-refractivity contribution in [2.45, 2.75) is 57.9 Å². The molecule has 94 valence electrons. The molecule has 0 aromatic carbocycles. The fourth-order valence-electron chi connectivity index (χ4n) is 2.23. The first kappa shape index (κ1) is 13.5. The van der Waals surface area contributed by atoms with Crippen LogP contribution in [0.1, 0.15) is 51.9 Å². The van der Waals surface area contributed by atoms with Gasteiger partial charge in [-0.05, 0) is 19.4 Å². The van der Waals surface area contributed by atoms with Gasteiger partial charge in [0.05, 0.1) is 0 Å². The molecule has 1 aliphatic heterocycles. The van der Waals surface area contributed by atoms with Gasteiger partial charge in [0.15, 0.2) is 0 Å². The number of nitrogens with zero attached hydrogens (tertiary/aromatic N) is 1. The molecule has 1 saturated heterocycles. The molecule has 1 aliphatic rings. The molecule has 0 aromatic heterocycles. The van der Waals surface area contributed by atoms with Crippen molar-refractivity contribution >= 4 is 5.91 Å². The van der Waals surface area contributed by atoms with Crippen molar-refractivity contribution in [1.29, 1.82) is 0 Å². The predicted octanol–water partition coefficient (Wildman–Crippen LogP) is 2.17. The summed E-state index contributed by atoms with van der Waals surface area (Å²) < 4.78 is 0. The van der Waals surface area contributed by atoms with Crippen molar-refractivity contribution in [3.8, 4) is 0 Å². The van der Waals surface area contributed by atoms with E-state index in [0.717, 1.165) is 32.4 Å². The Morgan fingerprint density at radius 2 is 2.06 bits per heavy atom. The fraction of sp³-hybridized carbons (Fsp3) is 0.923. The lowest BCUT2D eigenvalue weighted by Crippen LogP contribution is -2.38. The van der Waals surface area contributed by atoms with Crippen LogP contribution in [0.25, 0.3) is 0 Å². The van der Waals surface area contributed by atoms with E-state index in [1.54, 1.807) is 0 Å². The molecule has 1 heterocycles. The third-order valence-corrected chi connectivity index (χ3v) is 3.47. The number of amides is 1. The van der Waals surface area contributed by atoms with Gasteiger partial charge in [-0.1, -0.05) is 32.6 Å². The van der Waals surface area contributed by atoms with Gasteiger partial charge in [0.2, 0.25) is 5.91 Å². The highest BCUT2D eigenvalue weighted by Crippen LogP contribution is 2.11. The maximum absolute atomic E-state index is 11.9. The highest BCUT2D eigenvalue weighted by Gasteiger charge is 2.22. The fourth-order valence-corrected chi connectivity index (χ4v) is 2.23. The number of nitrogens with one attached hydrogen (secondary N) is 1. The average Bonchev–Trinajstić information content (AvgIpc) is 2.81. The number of likely N-dealkylation sites (N-methyl/N-ethyl adjacent to an activating group) is 1. The molecule has 16 heavy (non-hydrogen) atoms. The lowest BCUT2D eigenvalue weighted by atomic mass is 10.1. The van der Waals surface area contributed by atoms with Gasteiger partial charge in [0, 0.05) is 26.1 Å². The van der Waals surface area contributed by atoms with Crippen LogP contribution in [0.3, 0.4) is 0 Å². The van der Waals surface area contributed by atoms with Crippen LogP contribution in [0.4, 0.5) is 0 Å². The van der Waals surface area contributed by atoms with E-state index in [1.807, 2.05) is 11.9 Å². The van der Waals surface area contributed by atoms with Crippen molar-refractivity contribution in [3.05, 3.63) is 0 Å². The van der Waals surface area contributed by atoms with Gasteiger partial charge < -0.3 is 10.2 Å². The van der Waals surface area contributed by atoms with Gasteiger partial charge >= 0.3 is 0 Å². The van der Waals surface area contributed by atoms with E-state index in [4.69, 9.17) is 0 Å². The van der Waals surface area contributed by atoms with Crippen LogP contribution in [0.15, 0.2) is 0 Å². The minimum atomic E-state index is 0.324. The second-order valence-corrected chi connectivity index (χ2v) is 4.82. The Morgan fingerprint density at radius 3 is 2.69 bits per heavy atom. The first-order valence-electron chi connectivity index (χ1n) is 6.72. The molecule has 1 N–H and O–H groups in total. The lowest BCUT2D eigenvalue weighted by molar-refractivity contribution is -0.131. The number of carbonyl (C=O) groups excluding carboxylic acids is 1. The van der Waals surface area contributed by atoms with Crippen LogP contribution in [-0.4, -0.2) is 37.0 Å². The van der Waals surface area contributed by atoms with Gasteiger partial charge in [-0.3, -0.25) is 4.79 Å². The van der Waals surface area contributed by atoms with Crippen LogP contribution in [0.2, 0.25) is 0 Å². The van der Waals surface area contributed by atoms with Crippen LogP contribution in [-0.2, 0) is 4.79 Å². The summed E-state index contributed by atoms with van der Waals surface area (Å²) in [6.45, 7) is 4.24. The molecule has 1 amide bonds. The third-order valence-electron chi connectivity index (χ3n) is 3.47. The first-order valence-corrected chi connectivity index (χ1v) is 6.72. The molecule has 1 unspecified atom stereocenters. The number of unbranched alkanes of at least 4 members (excludes halogenated alkanes) is 4. The van der Waals surface area contributed by atoms with E-state index in [2.05, 4.69) is 12.2 Å². The van der Waals surface area contributed by atoms with Gasteiger partial charge in [-0.2, -0.15) is 0 Å². The molecule has 0 aromatic rings. The van der Waals surface area contributed by atoms with Crippen LogP contribution in [0.5, 0.6) is 0 Å². The predicted molar refractivity (Wildman–Crippen MR) is 67.4 cm³/mol. The molecule has 0 spiro atoms. The zero-order valence-corrected chi connectivity index (χ0v) is 10.8. The van der Waals surface area contributed by atoms with Crippen molar-refractivity contribution in [2.75, 3.05) is 20.1 Å². The summed E-state index contributed by atoms with van der Waals surface area (Å²) in [6.07, 6.45) is 7.95. The first-order chi connectivity index (χ1) is 7.75. The Morgan fingerprint density at radius 1 is 1.31 bits per heavy atom. The summed E-state index contributed by atoms with van der Waals surface area (Å²) in [7, 11) is 1.95. The lowest BCUT2D eigenvalue weighted by Gasteiger charge is -2.23. The second kappa shape index (κ2) is 7.66. The number of hydrogen-bond donors (Lipinski definition) is 1. The molecular weight excluding hydrogens is 200 g/mol.